The highest BCUT2D eigenvalue weighted by Crippen LogP contribution is 2.34. The first-order chi connectivity index (χ1) is 15.6. The quantitative estimate of drug-likeness (QED) is 0.392. The molecule has 33 heavy (non-hydrogen) atoms. The van der Waals surface area contributed by atoms with E-state index in [1.54, 1.807) is 13.2 Å². The van der Waals surface area contributed by atoms with Gasteiger partial charge in [-0.25, -0.2) is 5.84 Å². The van der Waals surface area contributed by atoms with Crippen molar-refractivity contribution in [3.05, 3.63) is 76.5 Å². The molecule has 0 spiro atoms. The van der Waals surface area contributed by atoms with Crippen LogP contribution in [0.5, 0.6) is 0 Å². The fourth-order valence-electron chi connectivity index (χ4n) is 3.36. The molecule has 6 nitrogen and oxygen atoms in total. The maximum Gasteiger partial charge on any atom is 0.416 e. The summed E-state index contributed by atoms with van der Waals surface area (Å²) in [5, 5.41) is 4.03. The zero-order valence-corrected chi connectivity index (χ0v) is 19.9. The highest BCUT2D eigenvalue weighted by atomic mass is 79.9. The lowest BCUT2D eigenvalue weighted by atomic mass is 9.95. The van der Waals surface area contributed by atoms with Crippen molar-refractivity contribution in [3.63, 3.8) is 0 Å². The van der Waals surface area contributed by atoms with Gasteiger partial charge < -0.3 is 16.1 Å². The number of rotatable bonds is 5. The second kappa shape index (κ2) is 12.6. The third kappa shape index (κ3) is 9.07. The number of anilines is 1. The Morgan fingerprint density at radius 3 is 2.36 bits per heavy atom. The van der Waals surface area contributed by atoms with Crippen LogP contribution in [-0.4, -0.2) is 36.0 Å². The Labute approximate surface area is 200 Å². The Bertz CT molecular complexity index is 914. The lowest BCUT2D eigenvalue weighted by molar-refractivity contribution is -0.137. The van der Waals surface area contributed by atoms with E-state index in [0.717, 1.165) is 31.8 Å². The molecule has 1 saturated heterocycles. The molecule has 0 bridgehead atoms. The van der Waals surface area contributed by atoms with Crippen molar-refractivity contribution in [3.8, 4) is 0 Å². The Balaban J connectivity index is 0.000000569. The van der Waals surface area contributed by atoms with E-state index in [2.05, 4.69) is 38.3 Å². The summed E-state index contributed by atoms with van der Waals surface area (Å²) in [7, 11) is 1.70. The SMILES string of the molecule is CN(N)/C=C\N.O=C(Nc1cc(C(F)(F)F)ccc1Br)C1CCN(Cc2ccccc2)CC1. The molecule has 5 N–H and O–H groups in total. The van der Waals surface area contributed by atoms with E-state index in [9.17, 15) is 18.0 Å². The molecule has 180 valence electrons. The molecule has 1 fully saturated rings. The standard InChI is InChI=1S/C20H20BrF3N2O.C3H9N3/c21-17-7-6-16(20(22,23)24)12-18(17)25-19(27)15-8-10-26(11-9-15)13-14-4-2-1-3-5-14;1-6(5)3-2-4/h1-7,12,15H,8-11,13H2,(H,25,27);2-3H,4-5H2,1H3/b;3-2-. The first-order valence-electron chi connectivity index (χ1n) is 10.4. The minimum Gasteiger partial charge on any atom is -0.403 e. The number of halogens is 4. The smallest absolute Gasteiger partial charge is 0.403 e. The van der Waals surface area contributed by atoms with E-state index in [1.165, 1.54) is 22.8 Å². The molecule has 0 unspecified atom stereocenters. The average molecular weight is 528 g/mol. The third-order valence-electron chi connectivity index (χ3n) is 5.08. The van der Waals surface area contributed by atoms with Crippen LogP contribution in [0.4, 0.5) is 18.9 Å². The minimum absolute atomic E-state index is 0.154. The third-order valence-corrected chi connectivity index (χ3v) is 5.77. The monoisotopic (exact) mass is 527 g/mol. The summed E-state index contributed by atoms with van der Waals surface area (Å²) in [6, 6.07) is 13.4. The lowest BCUT2D eigenvalue weighted by Crippen LogP contribution is -2.37. The van der Waals surface area contributed by atoms with Crippen LogP contribution < -0.4 is 16.9 Å². The highest BCUT2D eigenvalue weighted by Gasteiger charge is 2.31. The molecular weight excluding hydrogens is 499 g/mol. The zero-order valence-electron chi connectivity index (χ0n) is 18.4. The van der Waals surface area contributed by atoms with Crippen LogP contribution in [0.1, 0.15) is 24.0 Å². The topological polar surface area (TPSA) is 87.6 Å². The number of amides is 1. The molecule has 2 aromatic rings. The predicted molar refractivity (Wildman–Crippen MR) is 127 cm³/mol. The Hall–Kier alpha value is -2.56. The second-order valence-electron chi connectivity index (χ2n) is 7.72. The minimum atomic E-state index is -4.44. The van der Waals surface area contributed by atoms with Crippen molar-refractivity contribution in [1.82, 2.24) is 9.91 Å². The van der Waals surface area contributed by atoms with Crippen molar-refractivity contribution < 1.29 is 18.0 Å². The molecular formula is C23H29BrF3N5O. The van der Waals surface area contributed by atoms with Gasteiger partial charge >= 0.3 is 6.18 Å². The highest BCUT2D eigenvalue weighted by molar-refractivity contribution is 9.10. The molecule has 10 heteroatoms. The van der Waals surface area contributed by atoms with E-state index in [-0.39, 0.29) is 17.5 Å². The van der Waals surface area contributed by atoms with Gasteiger partial charge in [-0.15, -0.1) is 0 Å². The summed E-state index contributed by atoms with van der Waals surface area (Å²) in [5.74, 6) is 4.65. The van der Waals surface area contributed by atoms with E-state index >= 15 is 0 Å². The summed E-state index contributed by atoms with van der Waals surface area (Å²) < 4.78 is 39.1. The molecule has 0 aliphatic carbocycles. The van der Waals surface area contributed by atoms with Crippen molar-refractivity contribution in [1.29, 1.82) is 0 Å². The maximum atomic E-state index is 12.9. The van der Waals surface area contributed by atoms with Gasteiger partial charge in [0.15, 0.2) is 0 Å². The first-order valence-corrected chi connectivity index (χ1v) is 11.2. The summed E-state index contributed by atoms with van der Waals surface area (Å²) in [6.45, 7) is 2.42. The van der Waals surface area contributed by atoms with Gasteiger partial charge in [-0.3, -0.25) is 9.69 Å². The van der Waals surface area contributed by atoms with Crippen LogP contribution in [0.15, 0.2) is 65.4 Å². The van der Waals surface area contributed by atoms with Gasteiger partial charge in [0.25, 0.3) is 0 Å². The summed E-state index contributed by atoms with van der Waals surface area (Å²) in [5.41, 5.74) is 5.53. The molecule has 0 radical (unpaired) electrons. The second-order valence-corrected chi connectivity index (χ2v) is 8.58. The van der Waals surface area contributed by atoms with Gasteiger partial charge in [0.2, 0.25) is 5.91 Å². The number of benzene rings is 2. The normalized spacial score (nSPS) is 15.1. The molecule has 1 aliphatic rings. The Morgan fingerprint density at radius 1 is 1.21 bits per heavy atom. The van der Waals surface area contributed by atoms with Crippen LogP contribution in [0.25, 0.3) is 0 Å². The van der Waals surface area contributed by atoms with Gasteiger partial charge in [0.1, 0.15) is 0 Å². The number of nitrogens with zero attached hydrogens (tertiary/aromatic N) is 2. The number of piperidine rings is 1. The Morgan fingerprint density at radius 2 is 1.85 bits per heavy atom. The van der Waals surface area contributed by atoms with Gasteiger partial charge in [0.05, 0.1) is 11.3 Å². The van der Waals surface area contributed by atoms with Crippen molar-refractivity contribution in [2.75, 3.05) is 25.5 Å². The molecule has 1 aliphatic heterocycles. The molecule has 0 atom stereocenters. The number of nitrogens with two attached hydrogens (primary N) is 2. The first kappa shape index (κ1) is 26.7. The van der Waals surface area contributed by atoms with Crippen LogP contribution >= 0.6 is 15.9 Å². The van der Waals surface area contributed by atoms with Crippen LogP contribution in [0.3, 0.4) is 0 Å². The number of nitrogens with one attached hydrogen (secondary N) is 1. The summed E-state index contributed by atoms with van der Waals surface area (Å²) in [4.78, 5) is 14.8. The maximum absolute atomic E-state index is 12.9. The average Bonchev–Trinajstić information content (AvgIpc) is 2.76. The van der Waals surface area contributed by atoms with Crippen LogP contribution in [0.2, 0.25) is 0 Å². The number of likely N-dealkylation sites (tertiary alicyclic amines) is 1. The molecule has 1 heterocycles. The number of hydrogen-bond acceptors (Lipinski definition) is 5. The number of hydrogen-bond donors (Lipinski definition) is 3. The zero-order chi connectivity index (χ0) is 24.4. The van der Waals surface area contributed by atoms with E-state index in [4.69, 9.17) is 11.6 Å². The Kier molecular flexibility index (Phi) is 10.2. The van der Waals surface area contributed by atoms with Gasteiger partial charge in [-0.1, -0.05) is 30.3 Å². The molecule has 1 amide bonds. The van der Waals surface area contributed by atoms with E-state index in [0.29, 0.717) is 17.3 Å². The lowest BCUT2D eigenvalue weighted by Gasteiger charge is -2.31. The summed E-state index contributed by atoms with van der Waals surface area (Å²) in [6.07, 6.45) is -0.131. The number of alkyl halides is 3. The number of hydrazine groups is 1. The van der Waals surface area contributed by atoms with Crippen molar-refractivity contribution in [2.24, 2.45) is 17.5 Å². The van der Waals surface area contributed by atoms with Crippen molar-refractivity contribution >= 4 is 27.5 Å². The molecule has 0 saturated carbocycles. The summed E-state index contributed by atoms with van der Waals surface area (Å²) >= 11 is 3.21. The molecule has 0 aromatic heterocycles. The van der Waals surface area contributed by atoms with E-state index < -0.39 is 11.7 Å². The van der Waals surface area contributed by atoms with Crippen LogP contribution in [-0.2, 0) is 17.5 Å². The van der Waals surface area contributed by atoms with Crippen LogP contribution in [0, 0.1) is 5.92 Å². The molecule has 3 rings (SSSR count). The van der Waals surface area contributed by atoms with Gasteiger partial charge in [0, 0.05) is 36.4 Å². The van der Waals surface area contributed by atoms with Gasteiger partial charge in [-0.2, -0.15) is 13.2 Å². The van der Waals surface area contributed by atoms with Crippen molar-refractivity contribution in [2.45, 2.75) is 25.6 Å². The predicted octanol–water partition coefficient (Wildman–Crippen LogP) is 4.54. The fraction of sp³-hybridized carbons (Fsp3) is 0.348. The number of carbonyl (C=O) groups is 1. The van der Waals surface area contributed by atoms with E-state index in [1.807, 2.05) is 18.2 Å². The fourth-order valence-corrected chi connectivity index (χ4v) is 3.71. The largest absolute Gasteiger partial charge is 0.416 e. The number of carbonyl (C=O) groups excluding carboxylic acids is 1. The van der Waals surface area contributed by atoms with Gasteiger partial charge in [-0.05, 0) is 65.6 Å². The molecule has 2 aromatic carbocycles.